The number of hydrogen-bond donors (Lipinski definition) is 1. The highest BCUT2D eigenvalue weighted by atomic mass is 16.5. The van der Waals surface area contributed by atoms with Gasteiger partial charge in [-0.25, -0.2) is 0 Å². The van der Waals surface area contributed by atoms with Crippen molar-refractivity contribution in [2.24, 2.45) is 0 Å². The topological polar surface area (TPSA) is 86.7 Å². The van der Waals surface area contributed by atoms with Gasteiger partial charge in [0.2, 0.25) is 0 Å². The maximum atomic E-state index is 13.0. The molecule has 1 heterocycles. The number of methoxy groups -OCH3 is 3. The number of nitrogens with zero attached hydrogens (tertiary/aromatic N) is 1. The molecule has 0 aromatic heterocycles. The molecule has 1 aliphatic rings. The Balaban J connectivity index is 1.81. The lowest BCUT2D eigenvalue weighted by molar-refractivity contribution is -0.152. The second-order valence-corrected chi connectivity index (χ2v) is 6.71. The molecule has 1 N–H and O–H groups in total. The van der Waals surface area contributed by atoms with Crippen LogP contribution in [-0.4, -0.2) is 69.7 Å². The summed E-state index contributed by atoms with van der Waals surface area (Å²) in [7, 11) is 4.68. The molecular weight excluding hydrogens is 390 g/mol. The molecule has 0 unspecified atom stereocenters. The predicted molar refractivity (Wildman–Crippen MR) is 109 cm³/mol. The maximum absolute atomic E-state index is 13.0. The van der Waals surface area contributed by atoms with Crippen LogP contribution in [0.5, 0.6) is 23.0 Å². The Bertz CT molecular complexity index is 857. The summed E-state index contributed by atoms with van der Waals surface area (Å²) in [5.74, 6) is 2.10. The van der Waals surface area contributed by atoms with Crippen molar-refractivity contribution in [2.75, 3.05) is 47.7 Å². The van der Waals surface area contributed by atoms with Crippen LogP contribution in [0.1, 0.15) is 11.6 Å². The van der Waals surface area contributed by atoms with Crippen molar-refractivity contribution in [3.8, 4) is 23.0 Å². The van der Waals surface area contributed by atoms with Gasteiger partial charge >= 0.3 is 0 Å². The van der Waals surface area contributed by atoms with Gasteiger partial charge in [0, 0.05) is 12.6 Å². The standard InChI is InChI=1S/C22H27NO7/c1-26-16-5-4-6-17(12-16)30-14-21(25)23-9-10-29-20(13-24)22(23)15-7-8-18(27-2)19(11-15)28-3/h4-8,11-12,20,22,24H,9-10,13-14H2,1-3H3/t20-,22-/m1/s1. The van der Waals surface area contributed by atoms with E-state index in [1.807, 2.05) is 6.07 Å². The zero-order valence-electron chi connectivity index (χ0n) is 17.4. The molecule has 0 radical (unpaired) electrons. The normalized spacial score (nSPS) is 18.6. The van der Waals surface area contributed by atoms with Crippen LogP contribution in [0.25, 0.3) is 0 Å². The fourth-order valence-electron chi connectivity index (χ4n) is 3.52. The number of morpholine rings is 1. The van der Waals surface area contributed by atoms with E-state index < -0.39 is 12.1 Å². The molecule has 1 saturated heterocycles. The highest BCUT2D eigenvalue weighted by Gasteiger charge is 2.36. The molecule has 30 heavy (non-hydrogen) atoms. The number of ether oxygens (including phenoxy) is 5. The van der Waals surface area contributed by atoms with Crippen LogP contribution in [0.4, 0.5) is 0 Å². The van der Waals surface area contributed by atoms with Crippen molar-refractivity contribution in [3.05, 3.63) is 48.0 Å². The third kappa shape index (κ3) is 4.77. The van der Waals surface area contributed by atoms with E-state index in [0.717, 1.165) is 5.56 Å². The molecule has 1 fully saturated rings. The van der Waals surface area contributed by atoms with Gasteiger partial charge in [0.25, 0.3) is 5.91 Å². The smallest absolute Gasteiger partial charge is 0.261 e. The number of carbonyl (C=O) groups is 1. The van der Waals surface area contributed by atoms with E-state index in [2.05, 4.69) is 0 Å². The van der Waals surface area contributed by atoms with Gasteiger partial charge in [0.05, 0.1) is 40.6 Å². The van der Waals surface area contributed by atoms with Gasteiger partial charge in [-0.05, 0) is 29.8 Å². The Hall–Kier alpha value is -2.97. The quantitative estimate of drug-likeness (QED) is 0.703. The average molecular weight is 417 g/mol. The first-order chi connectivity index (χ1) is 14.6. The van der Waals surface area contributed by atoms with Crippen molar-refractivity contribution in [2.45, 2.75) is 12.1 Å². The molecule has 1 aliphatic heterocycles. The van der Waals surface area contributed by atoms with Gasteiger partial charge in [-0.2, -0.15) is 0 Å². The Morgan fingerprint density at radius 1 is 1.07 bits per heavy atom. The van der Waals surface area contributed by atoms with E-state index in [1.54, 1.807) is 62.6 Å². The zero-order valence-corrected chi connectivity index (χ0v) is 17.4. The monoisotopic (exact) mass is 417 g/mol. The third-order valence-corrected chi connectivity index (χ3v) is 5.00. The lowest BCUT2D eigenvalue weighted by atomic mass is 9.97. The van der Waals surface area contributed by atoms with Crippen molar-refractivity contribution >= 4 is 5.91 Å². The van der Waals surface area contributed by atoms with E-state index in [-0.39, 0.29) is 19.1 Å². The van der Waals surface area contributed by atoms with E-state index >= 15 is 0 Å². The van der Waals surface area contributed by atoms with Gasteiger partial charge in [0.1, 0.15) is 17.6 Å². The van der Waals surface area contributed by atoms with Gasteiger partial charge < -0.3 is 33.7 Å². The first-order valence-electron chi connectivity index (χ1n) is 9.62. The molecule has 1 amide bonds. The Morgan fingerprint density at radius 3 is 2.53 bits per heavy atom. The number of amides is 1. The number of benzene rings is 2. The summed E-state index contributed by atoms with van der Waals surface area (Å²) >= 11 is 0. The molecule has 8 nitrogen and oxygen atoms in total. The summed E-state index contributed by atoms with van der Waals surface area (Å²) in [5.41, 5.74) is 0.779. The molecule has 8 heteroatoms. The van der Waals surface area contributed by atoms with Crippen molar-refractivity contribution < 1.29 is 33.6 Å². The Kier molecular flexibility index (Phi) is 7.37. The second kappa shape index (κ2) is 10.2. The molecule has 0 aliphatic carbocycles. The van der Waals surface area contributed by atoms with Crippen molar-refractivity contribution in [3.63, 3.8) is 0 Å². The van der Waals surface area contributed by atoms with E-state index in [9.17, 15) is 9.90 Å². The van der Waals surface area contributed by atoms with Crippen molar-refractivity contribution in [1.29, 1.82) is 0 Å². The van der Waals surface area contributed by atoms with Crippen LogP contribution >= 0.6 is 0 Å². The molecule has 3 rings (SSSR count). The van der Waals surface area contributed by atoms with Gasteiger partial charge in [0.15, 0.2) is 18.1 Å². The summed E-state index contributed by atoms with van der Waals surface area (Å²) in [6, 6.07) is 12.0. The van der Waals surface area contributed by atoms with E-state index in [1.165, 1.54) is 0 Å². The van der Waals surface area contributed by atoms with Crippen LogP contribution in [0.15, 0.2) is 42.5 Å². The van der Waals surface area contributed by atoms with Crippen molar-refractivity contribution in [1.82, 2.24) is 4.90 Å². The first kappa shape index (κ1) is 21.7. The van der Waals surface area contributed by atoms with Crippen LogP contribution < -0.4 is 18.9 Å². The highest BCUT2D eigenvalue weighted by molar-refractivity contribution is 5.78. The summed E-state index contributed by atoms with van der Waals surface area (Å²) in [5, 5.41) is 9.85. The second-order valence-electron chi connectivity index (χ2n) is 6.71. The molecule has 0 spiro atoms. The molecule has 2 aromatic carbocycles. The number of carbonyl (C=O) groups excluding carboxylic acids is 1. The van der Waals surface area contributed by atoms with Crippen LogP contribution in [0.2, 0.25) is 0 Å². The highest BCUT2D eigenvalue weighted by Crippen LogP contribution is 2.35. The van der Waals surface area contributed by atoms with Gasteiger partial charge in [-0.3, -0.25) is 4.79 Å². The minimum atomic E-state index is -0.558. The molecular formula is C22H27NO7. The number of hydrogen-bond acceptors (Lipinski definition) is 7. The molecule has 2 atom stereocenters. The molecule has 2 aromatic rings. The Labute approximate surface area is 175 Å². The van der Waals surface area contributed by atoms with Gasteiger partial charge in [-0.1, -0.05) is 12.1 Å². The lowest BCUT2D eigenvalue weighted by Gasteiger charge is -2.41. The summed E-state index contributed by atoms with van der Waals surface area (Å²) < 4.78 is 27.3. The summed E-state index contributed by atoms with van der Waals surface area (Å²) in [4.78, 5) is 14.7. The number of rotatable bonds is 8. The minimum Gasteiger partial charge on any atom is -0.497 e. The zero-order chi connectivity index (χ0) is 21.5. The molecule has 162 valence electrons. The molecule has 0 bridgehead atoms. The SMILES string of the molecule is COc1cccc(OCC(=O)N2CCO[C@H](CO)[C@H]2c2ccc(OC)c(OC)c2)c1. The number of aliphatic hydroxyl groups excluding tert-OH is 1. The first-order valence-corrected chi connectivity index (χ1v) is 9.62. The lowest BCUT2D eigenvalue weighted by Crippen LogP contribution is -2.50. The Morgan fingerprint density at radius 2 is 1.83 bits per heavy atom. The summed E-state index contributed by atoms with van der Waals surface area (Å²) in [6.45, 7) is 0.352. The predicted octanol–water partition coefficient (Wildman–Crippen LogP) is 2.05. The van der Waals surface area contributed by atoms with Crippen LogP contribution in [-0.2, 0) is 9.53 Å². The fraction of sp³-hybridized carbons (Fsp3) is 0.409. The van der Waals surface area contributed by atoms with E-state index in [0.29, 0.717) is 36.1 Å². The van der Waals surface area contributed by atoms with E-state index in [4.69, 9.17) is 23.7 Å². The fourth-order valence-corrected chi connectivity index (χ4v) is 3.52. The number of aliphatic hydroxyl groups is 1. The van der Waals surface area contributed by atoms with Crippen LogP contribution in [0.3, 0.4) is 0 Å². The van der Waals surface area contributed by atoms with Crippen LogP contribution in [0, 0.1) is 0 Å². The largest absolute Gasteiger partial charge is 0.497 e. The third-order valence-electron chi connectivity index (χ3n) is 5.00. The summed E-state index contributed by atoms with van der Waals surface area (Å²) in [6.07, 6.45) is -0.558. The van der Waals surface area contributed by atoms with Gasteiger partial charge in [-0.15, -0.1) is 0 Å². The average Bonchev–Trinajstić information content (AvgIpc) is 2.81. The maximum Gasteiger partial charge on any atom is 0.261 e. The molecule has 0 saturated carbocycles. The minimum absolute atomic E-state index is 0.144.